The van der Waals surface area contributed by atoms with E-state index in [1.165, 1.54) is 11.6 Å². The molecule has 0 fully saturated rings. The fraction of sp³-hybridized carbons (Fsp3) is 0.300. The maximum absolute atomic E-state index is 8.27. The molecule has 0 aliphatic carbocycles. The van der Waals surface area contributed by atoms with Gasteiger partial charge in [0, 0.05) is 6.08 Å². The molecule has 0 aliphatic heterocycles. The molecule has 0 aromatic rings. The van der Waals surface area contributed by atoms with E-state index in [-0.39, 0.29) is 0 Å². The third kappa shape index (κ3) is 6.60. The summed E-state index contributed by atoms with van der Waals surface area (Å²) in [5.74, 6) is 0. The molecular formula is C10H13N. The number of nitriles is 1. The van der Waals surface area contributed by atoms with Crippen molar-refractivity contribution in [2.45, 2.75) is 20.8 Å². The van der Waals surface area contributed by atoms with Crippen LogP contribution in [0.15, 0.2) is 35.5 Å². The molecular weight excluding hydrogens is 134 g/mol. The van der Waals surface area contributed by atoms with Gasteiger partial charge in [-0.05, 0) is 26.3 Å². The Kier molecular flexibility index (Phi) is 4.85. The lowest BCUT2D eigenvalue weighted by Crippen LogP contribution is -1.65. The summed E-state index contributed by atoms with van der Waals surface area (Å²) in [4.78, 5) is 0. The van der Waals surface area contributed by atoms with Gasteiger partial charge < -0.3 is 0 Å². The number of hydrogen-bond donors (Lipinski definition) is 0. The average molecular weight is 147 g/mol. The van der Waals surface area contributed by atoms with Crippen molar-refractivity contribution in [2.75, 3.05) is 0 Å². The van der Waals surface area contributed by atoms with Crippen LogP contribution in [-0.4, -0.2) is 0 Å². The summed E-state index contributed by atoms with van der Waals surface area (Å²) < 4.78 is 0. The Hall–Kier alpha value is -1.29. The third-order valence-corrected chi connectivity index (χ3v) is 1.08. The molecule has 1 nitrogen and oxygen atoms in total. The van der Waals surface area contributed by atoms with Gasteiger partial charge in [0.1, 0.15) is 0 Å². The molecule has 0 rings (SSSR count). The first-order chi connectivity index (χ1) is 5.16. The minimum Gasteiger partial charge on any atom is -0.193 e. The fourth-order valence-electron chi connectivity index (χ4n) is 0.542. The molecule has 1 heteroatoms. The Balaban J connectivity index is 4.07. The Labute approximate surface area is 68.3 Å². The normalized spacial score (nSPS) is 11.3. The van der Waals surface area contributed by atoms with Crippen molar-refractivity contribution in [1.29, 1.82) is 5.26 Å². The minimum atomic E-state index is 0.977. The summed E-state index contributed by atoms with van der Waals surface area (Å²) in [5, 5.41) is 8.27. The number of allylic oxidation sites excluding steroid dienone is 6. The fourth-order valence-corrected chi connectivity index (χ4v) is 0.542. The first kappa shape index (κ1) is 9.71. The highest BCUT2D eigenvalue weighted by atomic mass is 14.2. The Morgan fingerprint density at radius 3 is 2.36 bits per heavy atom. The zero-order valence-electron chi connectivity index (χ0n) is 7.26. The molecule has 0 bridgehead atoms. The van der Waals surface area contributed by atoms with Crippen molar-refractivity contribution in [3.8, 4) is 6.07 Å². The summed E-state index contributed by atoms with van der Waals surface area (Å²) >= 11 is 0. The number of nitrogens with zero attached hydrogens (tertiary/aromatic N) is 1. The van der Waals surface area contributed by atoms with Gasteiger partial charge in [-0.15, -0.1) is 0 Å². The summed E-state index contributed by atoms with van der Waals surface area (Å²) in [5.41, 5.74) is 2.23. The van der Waals surface area contributed by atoms with E-state index >= 15 is 0 Å². The van der Waals surface area contributed by atoms with Crippen LogP contribution in [-0.2, 0) is 0 Å². The van der Waals surface area contributed by atoms with Crippen molar-refractivity contribution in [3.05, 3.63) is 35.5 Å². The van der Waals surface area contributed by atoms with E-state index in [2.05, 4.69) is 0 Å². The second-order valence-corrected chi connectivity index (χ2v) is 2.62. The first-order valence-corrected chi connectivity index (χ1v) is 3.54. The minimum absolute atomic E-state index is 0.977. The van der Waals surface area contributed by atoms with Crippen LogP contribution < -0.4 is 0 Å². The largest absolute Gasteiger partial charge is 0.193 e. The van der Waals surface area contributed by atoms with Gasteiger partial charge in [0.15, 0.2) is 0 Å². The van der Waals surface area contributed by atoms with E-state index < -0.39 is 0 Å². The van der Waals surface area contributed by atoms with Crippen LogP contribution in [0.25, 0.3) is 0 Å². The highest BCUT2D eigenvalue weighted by Gasteiger charge is 1.77. The smallest absolute Gasteiger partial charge is 0.0914 e. The van der Waals surface area contributed by atoms with Gasteiger partial charge in [-0.2, -0.15) is 5.26 Å². The molecule has 0 amide bonds. The lowest BCUT2D eigenvalue weighted by atomic mass is 10.2. The molecule has 0 aromatic heterocycles. The molecule has 0 saturated heterocycles. The zero-order chi connectivity index (χ0) is 8.69. The van der Waals surface area contributed by atoms with Gasteiger partial charge in [-0.1, -0.05) is 23.8 Å². The van der Waals surface area contributed by atoms with Gasteiger partial charge in [0.05, 0.1) is 6.07 Å². The second kappa shape index (κ2) is 5.49. The molecule has 0 spiro atoms. The van der Waals surface area contributed by atoms with Crippen molar-refractivity contribution < 1.29 is 0 Å². The van der Waals surface area contributed by atoms with Crippen molar-refractivity contribution >= 4 is 0 Å². The van der Waals surface area contributed by atoms with Gasteiger partial charge in [-0.3, -0.25) is 0 Å². The molecule has 0 atom stereocenters. The van der Waals surface area contributed by atoms with E-state index in [4.69, 9.17) is 5.26 Å². The first-order valence-electron chi connectivity index (χ1n) is 3.54. The lowest BCUT2D eigenvalue weighted by Gasteiger charge is -1.84. The van der Waals surface area contributed by atoms with Crippen LogP contribution >= 0.6 is 0 Å². The van der Waals surface area contributed by atoms with Crippen molar-refractivity contribution in [1.82, 2.24) is 0 Å². The van der Waals surface area contributed by atoms with Crippen LogP contribution in [0.4, 0.5) is 0 Å². The molecule has 0 radical (unpaired) electrons. The Morgan fingerprint density at radius 2 is 1.91 bits per heavy atom. The predicted molar refractivity (Wildman–Crippen MR) is 47.9 cm³/mol. The second-order valence-electron chi connectivity index (χ2n) is 2.62. The standard InChI is InChI=1S/C10H13N/c1-9(2)5-4-6-10(3)7-8-11/h4-7H,1-3H3. The SMILES string of the molecule is CC(C)=CC=CC(C)=CC#N. The van der Waals surface area contributed by atoms with E-state index in [0.717, 1.165) is 5.57 Å². The highest BCUT2D eigenvalue weighted by Crippen LogP contribution is 1.95. The third-order valence-electron chi connectivity index (χ3n) is 1.08. The van der Waals surface area contributed by atoms with Crippen LogP contribution in [0.1, 0.15) is 20.8 Å². The maximum atomic E-state index is 8.27. The number of rotatable bonds is 2. The molecule has 0 aromatic carbocycles. The van der Waals surface area contributed by atoms with Gasteiger partial charge >= 0.3 is 0 Å². The van der Waals surface area contributed by atoms with Crippen molar-refractivity contribution in [2.24, 2.45) is 0 Å². The summed E-state index contributed by atoms with van der Waals surface area (Å²) in [6.07, 6.45) is 7.39. The summed E-state index contributed by atoms with van der Waals surface area (Å²) in [7, 11) is 0. The van der Waals surface area contributed by atoms with E-state index in [9.17, 15) is 0 Å². The molecule has 0 aliphatic rings. The van der Waals surface area contributed by atoms with Crippen LogP contribution in [0.2, 0.25) is 0 Å². The molecule has 0 heterocycles. The number of hydrogen-bond acceptors (Lipinski definition) is 1. The monoisotopic (exact) mass is 147 g/mol. The molecule has 0 N–H and O–H groups in total. The van der Waals surface area contributed by atoms with E-state index in [0.29, 0.717) is 0 Å². The maximum Gasteiger partial charge on any atom is 0.0914 e. The van der Waals surface area contributed by atoms with E-state index in [1.54, 1.807) is 0 Å². The predicted octanol–water partition coefficient (Wildman–Crippen LogP) is 2.98. The highest BCUT2D eigenvalue weighted by molar-refractivity contribution is 5.25. The van der Waals surface area contributed by atoms with E-state index in [1.807, 2.05) is 45.1 Å². The van der Waals surface area contributed by atoms with Crippen LogP contribution in [0.5, 0.6) is 0 Å². The zero-order valence-corrected chi connectivity index (χ0v) is 7.26. The lowest BCUT2D eigenvalue weighted by molar-refractivity contribution is 1.39. The van der Waals surface area contributed by atoms with Gasteiger partial charge in [0.2, 0.25) is 0 Å². The van der Waals surface area contributed by atoms with Crippen LogP contribution in [0.3, 0.4) is 0 Å². The Morgan fingerprint density at radius 1 is 1.27 bits per heavy atom. The summed E-state index contributed by atoms with van der Waals surface area (Å²) in [6.45, 7) is 5.97. The van der Waals surface area contributed by atoms with Crippen molar-refractivity contribution in [3.63, 3.8) is 0 Å². The molecule has 0 saturated carbocycles. The van der Waals surface area contributed by atoms with Gasteiger partial charge in [-0.25, -0.2) is 0 Å². The molecule has 0 unspecified atom stereocenters. The topological polar surface area (TPSA) is 23.8 Å². The molecule has 11 heavy (non-hydrogen) atoms. The molecule has 58 valence electrons. The Bertz CT molecular complexity index is 232. The quantitative estimate of drug-likeness (QED) is 0.435. The van der Waals surface area contributed by atoms with Gasteiger partial charge in [0.25, 0.3) is 0 Å². The average Bonchev–Trinajstić information content (AvgIpc) is 1.87. The van der Waals surface area contributed by atoms with Crippen LogP contribution in [0, 0.1) is 11.3 Å². The summed E-state index contributed by atoms with van der Waals surface area (Å²) in [6, 6.07) is 1.97.